The summed E-state index contributed by atoms with van der Waals surface area (Å²) in [7, 11) is 0. The number of hydrogen-bond donors (Lipinski definition) is 1. The van der Waals surface area contributed by atoms with Crippen molar-refractivity contribution in [2.24, 2.45) is 0 Å². The summed E-state index contributed by atoms with van der Waals surface area (Å²) < 4.78 is 29.5. The third-order valence-corrected chi connectivity index (χ3v) is 5.13. The predicted molar refractivity (Wildman–Crippen MR) is 79.9 cm³/mol. The van der Waals surface area contributed by atoms with E-state index >= 15 is 0 Å². The molecular formula is C14H18ClF2NOS. The maximum Gasteiger partial charge on any atom is 0.387 e. The zero-order chi connectivity index (χ0) is 14.6. The van der Waals surface area contributed by atoms with Crippen LogP contribution in [0.3, 0.4) is 0 Å². The van der Waals surface area contributed by atoms with Gasteiger partial charge in [0.25, 0.3) is 0 Å². The van der Waals surface area contributed by atoms with E-state index in [0.29, 0.717) is 17.1 Å². The van der Waals surface area contributed by atoms with E-state index in [-0.39, 0.29) is 10.5 Å². The fourth-order valence-corrected chi connectivity index (χ4v) is 3.80. The molecule has 20 heavy (non-hydrogen) atoms. The van der Waals surface area contributed by atoms with Gasteiger partial charge < -0.3 is 10.1 Å². The number of hydrogen-bond acceptors (Lipinski definition) is 3. The van der Waals surface area contributed by atoms with Crippen LogP contribution in [0.5, 0.6) is 5.75 Å². The first-order valence-electron chi connectivity index (χ1n) is 6.56. The maximum absolute atomic E-state index is 12.4. The Hall–Kier alpha value is -0.520. The summed E-state index contributed by atoms with van der Waals surface area (Å²) >= 11 is 7.87. The Labute approximate surface area is 127 Å². The van der Waals surface area contributed by atoms with E-state index in [1.165, 1.54) is 24.7 Å². The standard InChI is InChI=1S/C14H18ClF2NOS/c1-14(5-2-6-20-14)9-18-8-10-7-11(15)3-4-12(10)19-13(16)17/h3-4,7,13,18H,2,5-6,8-9H2,1H3. The smallest absolute Gasteiger partial charge is 0.387 e. The first-order chi connectivity index (χ1) is 9.48. The number of halogens is 3. The zero-order valence-electron chi connectivity index (χ0n) is 11.3. The van der Waals surface area contributed by atoms with Crippen molar-refractivity contribution >= 4 is 23.4 Å². The molecule has 1 atom stereocenters. The second-order valence-corrected chi connectivity index (χ2v) is 7.25. The Kier molecular flexibility index (Phi) is 5.52. The minimum absolute atomic E-state index is 0.182. The lowest BCUT2D eigenvalue weighted by Crippen LogP contribution is -2.32. The van der Waals surface area contributed by atoms with Crippen molar-refractivity contribution < 1.29 is 13.5 Å². The van der Waals surface area contributed by atoms with Crippen molar-refractivity contribution in [1.29, 1.82) is 0 Å². The van der Waals surface area contributed by atoms with Crippen LogP contribution in [0, 0.1) is 0 Å². The summed E-state index contributed by atoms with van der Waals surface area (Å²) in [5.74, 6) is 1.37. The van der Waals surface area contributed by atoms with Crippen molar-refractivity contribution in [3.05, 3.63) is 28.8 Å². The molecule has 1 aromatic carbocycles. The lowest BCUT2D eigenvalue weighted by molar-refractivity contribution is -0.0505. The molecule has 0 bridgehead atoms. The summed E-state index contributed by atoms with van der Waals surface area (Å²) in [6, 6.07) is 4.70. The second-order valence-electron chi connectivity index (χ2n) is 5.14. The molecule has 1 N–H and O–H groups in total. The molecule has 2 nitrogen and oxygen atoms in total. The van der Waals surface area contributed by atoms with Crippen LogP contribution in [0.25, 0.3) is 0 Å². The van der Waals surface area contributed by atoms with Crippen LogP contribution in [-0.2, 0) is 6.54 Å². The van der Waals surface area contributed by atoms with Crippen LogP contribution in [0.4, 0.5) is 8.78 Å². The lowest BCUT2D eigenvalue weighted by atomic mass is 10.1. The van der Waals surface area contributed by atoms with Gasteiger partial charge in [-0.2, -0.15) is 20.5 Å². The minimum Gasteiger partial charge on any atom is -0.434 e. The van der Waals surface area contributed by atoms with Crippen LogP contribution in [-0.4, -0.2) is 23.7 Å². The Morgan fingerprint density at radius 1 is 1.50 bits per heavy atom. The number of nitrogens with one attached hydrogen (secondary N) is 1. The van der Waals surface area contributed by atoms with E-state index in [4.69, 9.17) is 11.6 Å². The van der Waals surface area contributed by atoms with Gasteiger partial charge in [-0.1, -0.05) is 11.6 Å². The predicted octanol–water partition coefficient (Wildman–Crippen LogP) is 4.32. The van der Waals surface area contributed by atoms with Gasteiger partial charge in [-0.25, -0.2) is 0 Å². The average Bonchev–Trinajstić information content (AvgIpc) is 2.79. The molecular weight excluding hydrogens is 304 g/mol. The quantitative estimate of drug-likeness (QED) is 0.843. The molecule has 1 fully saturated rings. The Morgan fingerprint density at radius 3 is 2.95 bits per heavy atom. The summed E-state index contributed by atoms with van der Waals surface area (Å²) in [5.41, 5.74) is 0.657. The van der Waals surface area contributed by atoms with Crippen molar-refractivity contribution in [1.82, 2.24) is 5.32 Å². The number of benzene rings is 1. The molecule has 0 radical (unpaired) electrons. The number of ether oxygens (including phenoxy) is 1. The highest BCUT2D eigenvalue weighted by Crippen LogP contribution is 2.37. The molecule has 0 amide bonds. The highest BCUT2D eigenvalue weighted by atomic mass is 35.5. The molecule has 1 saturated heterocycles. The van der Waals surface area contributed by atoms with Gasteiger partial charge >= 0.3 is 6.61 Å². The Bertz CT molecular complexity index is 453. The number of thioether (sulfide) groups is 1. The van der Waals surface area contributed by atoms with Gasteiger partial charge in [0.2, 0.25) is 0 Å². The Balaban J connectivity index is 1.95. The second kappa shape index (κ2) is 6.96. The van der Waals surface area contributed by atoms with Gasteiger partial charge in [0, 0.05) is 28.4 Å². The third-order valence-electron chi connectivity index (χ3n) is 3.35. The molecule has 1 heterocycles. The van der Waals surface area contributed by atoms with Gasteiger partial charge in [-0.3, -0.25) is 0 Å². The molecule has 0 spiro atoms. The largest absolute Gasteiger partial charge is 0.434 e. The normalized spacial score (nSPS) is 22.4. The molecule has 1 unspecified atom stereocenters. The lowest BCUT2D eigenvalue weighted by Gasteiger charge is -2.23. The summed E-state index contributed by atoms with van der Waals surface area (Å²) in [4.78, 5) is 0. The average molecular weight is 322 g/mol. The van der Waals surface area contributed by atoms with Gasteiger partial charge in [0.05, 0.1) is 0 Å². The van der Waals surface area contributed by atoms with Crippen LogP contribution in [0.15, 0.2) is 18.2 Å². The monoisotopic (exact) mass is 321 g/mol. The van der Waals surface area contributed by atoms with Gasteiger partial charge in [0.1, 0.15) is 5.75 Å². The molecule has 0 saturated carbocycles. The molecule has 0 aromatic heterocycles. The van der Waals surface area contributed by atoms with E-state index in [1.807, 2.05) is 11.8 Å². The van der Waals surface area contributed by atoms with Crippen LogP contribution in [0.1, 0.15) is 25.3 Å². The maximum atomic E-state index is 12.4. The Morgan fingerprint density at radius 2 is 2.30 bits per heavy atom. The molecule has 1 aliphatic heterocycles. The van der Waals surface area contributed by atoms with E-state index in [0.717, 1.165) is 6.54 Å². The van der Waals surface area contributed by atoms with E-state index < -0.39 is 6.61 Å². The molecule has 112 valence electrons. The summed E-state index contributed by atoms with van der Waals surface area (Å²) in [5, 5.41) is 3.84. The van der Waals surface area contributed by atoms with E-state index in [9.17, 15) is 8.78 Å². The first kappa shape index (κ1) is 15.9. The van der Waals surface area contributed by atoms with Gasteiger partial charge in [-0.05, 0) is 43.7 Å². The summed E-state index contributed by atoms with van der Waals surface area (Å²) in [6.07, 6.45) is 2.42. The van der Waals surface area contributed by atoms with Crippen LogP contribution < -0.4 is 10.1 Å². The molecule has 1 aromatic rings. The number of alkyl halides is 2. The van der Waals surface area contributed by atoms with Gasteiger partial charge in [0.15, 0.2) is 0 Å². The molecule has 6 heteroatoms. The highest BCUT2D eigenvalue weighted by molar-refractivity contribution is 8.00. The first-order valence-corrected chi connectivity index (χ1v) is 7.93. The number of rotatable bonds is 6. The SMILES string of the molecule is CC1(CNCc2cc(Cl)ccc2OC(F)F)CCCS1. The fraction of sp³-hybridized carbons (Fsp3) is 0.571. The van der Waals surface area contributed by atoms with Crippen molar-refractivity contribution in [3.63, 3.8) is 0 Å². The van der Waals surface area contributed by atoms with Crippen LogP contribution in [0.2, 0.25) is 5.02 Å². The van der Waals surface area contributed by atoms with Crippen molar-refractivity contribution in [3.8, 4) is 5.75 Å². The zero-order valence-corrected chi connectivity index (χ0v) is 12.9. The van der Waals surface area contributed by atoms with E-state index in [2.05, 4.69) is 17.0 Å². The minimum atomic E-state index is -2.82. The molecule has 2 rings (SSSR count). The fourth-order valence-electron chi connectivity index (χ4n) is 2.33. The highest BCUT2D eigenvalue weighted by Gasteiger charge is 2.28. The summed E-state index contributed by atoms with van der Waals surface area (Å²) in [6.45, 7) is 0.723. The molecule has 0 aliphatic carbocycles. The van der Waals surface area contributed by atoms with Crippen molar-refractivity contribution in [2.45, 2.75) is 37.7 Å². The van der Waals surface area contributed by atoms with Crippen LogP contribution >= 0.6 is 23.4 Å². The van der Waals surface area contributed by atoms with Crippen molar-refractivity contribution in [2.75, 3.05) is 12.3 Å². The van der Waals surface area contributed by atoms with Gasteiger partial charge in [-0.15, -0.1) is 0 Å². The molecule has 1 aliphatic rings. The van der Waals surface area contributed by atoms with E-state index in [1.54, 1.807) is 12.1 Å². The topological polar surface area (TPSA) is 21.3 Å². The third kappa shape index (κ3) is 4.50.